The lowest BCUT2D eigenvalue weighted by Crippen LogP contribution is -2.26. The van der Waals surface area contributed by atoms with E-state index in [2.05, 4.69) is 30.3 Å². The molecule has 5 rings (SSSR count). The number of hydrogen-bond acceptors (Lipinski definition) is 7. The molecule has 1 aliphatic rings. The van der Waals surface area contributed by atoms with E-state index in [-0.39, 0.29) is 17.4 Å². The Morgan fingerprint density at radius 1 is 1.09 bits per heavy atom. The Labute approximate surface area is 198 Å². The lowest BCUT2D eigenvalue weighted by Gasteiger charge is -2.25. The monoisotopic (exact) mass is 478 g/mol. The number of pyridine rings is 1. The molecular weight excluding hydrogens is 458 g/mol. The van der Waals surface area contributed by atoms with Gasteiger partial charge in [0.2, 0.25) is 5.82 Å². The zero-order valence-corrected chi connectivity index (χ0v) is 18.3. The Bertz CT molecular complexity index is 1300. The van der Waals surface area contributed by atoms with Crippen LogP contribution in [0.5, 0.6) is 11.5 Å². The molecule has 1 saturated carbocycles. The molecule has 35 heavy (non-hydrogen) atoms. The van der Waals surface area contributed by atoms with E-state index in [0.717, 1.165) is 12.8 Å². The molecule has 4 aromatic rings. The van der Waals surface area contributed by atoms with E-state index in [1.165, 1.54) is 29.3 Å². The molecule has 2 heterocycles. The highest BCUT2D eigenvalue weighted by Crippen LogP contribution is 2.39. The van der Waals surface area contributed by atoms with E-state index in [1.807, 2.05) is 0 Å². The summed E-state index contributed by atoms with van der Waals surface area (Å²) in [7, 11) is 0. The molecule has 1 N–H and O–H groups in total. The van der Waals surface area contributed by atoms with Crippen LogP contribution in [0.4, 0.5) is 20.2 Å². The Morgan fingerprint density at radius 2 is 1.94 bits per heavy atom. The number of aromatic nitrogens is 5. The van der Waals surface area contributed by atoms with Crippen LogP contribution in [0.25, 0.3) is 11.4 Å². The number of alkyl halides is 2. The second-order valence-corrected chi connectivity index (χ2v) is 7.93. The average molecular weight is 478 g/mol. The number of nitrogens with zero attached hydrogens (tertiary/aromatic N) is 5. The maximum Gasteiger partial charge on any atom is 0.387 e. The van der Waals surface area contributed by atoms with E-state index in [1.54, 1.807) is 42.6 Å². The van der Waals surface area contributed by atoms with Crippen LogP contribution < -0.4 is 14.4 Å². The first-order valence-electron chi connectivity index (χ1n) is 10.9. The third kappa shape index (κ3) is 5.24. The van der Waals surface area contributed by atoms with Crippen molar-refractivity contribution in [3.63, 3.8) is 0 Å². The zero-order chi connectivity index (χ0) is 24.2. The summed E-state index contributed by atoms with van der Waals surface area (Å²) in [6.45, 7) is -2.63. The standard InChI is InChI=1S/C24H20F2N6O3/c25-24(26)35-20-9-8-19(12-21(20)34-14-15-6-7-15)32(23(33)17-4-2-10-27-13-17)18-5-1-3-16(11-18)22-28-30-31-29-22/h1-5,8-13,15,24H,6-7,14H2,(H,28,29,30,31). The maximum absolute atomic E-state index is 13.6. The van der Waals surface area contributed by atoms with Crippen LogP contribution in [0.3, 0.4) is 0 Å². The first-order valence-corrected chi connectivity index (χ1v) is 10.9. The molecule has 2 aromatic carbocycles. The lowest BCUT2D eigenvalue weighted by molar-refractivity contribution is -0.0515. The normalized spacial score (nSPS) is 13.0. The minimum Gasteiger partial charge on any atom is -0.489 e. The summed E-state index contributed by atoms with van der Waals surface area (Å²) in [6, 6.07) is 14.7. The molecule has 0 radical (unpaired) electrons. The minimum absolute atomic E-state index is 0.0984. The number of amides is 1. The number of carbonyl (C=O) groups is 1. The van der Waals surface area contributed by atoms with Gasteiger partial charge in [-0.25, -0.2) is 0 Å². The third-order valence-electron chi connectivity index (χ3n) is 5.39. The summed E-state index contributed by atoms with van der Waals surface area (Å²) >= 11 is 0. The number of H-pyrrole nitrogens is 1. The van der Waals surface area contributed by atoms with Gasteiger partial charge in [0, 0.05) is 29.7 Å². The molecule has 11 heteroatoms. The van der Waals surface area contributed by atoms with Gasteiger partial charge in [0.25, 0.3) is 5.91 Å². The topological polar surface area (TPSA) is 106 Å². The van der Waals surface area contributed by atoms with Crippen molar-refractivity contribution in [1.29, 1.82) is 0 Å². The van der Waals surface area contributed by atoms with Gasteiger partial charge in [-0.05, 0) is 60.4 Å². The fourth-order valence-corrected chi connectivity index (χ4v) is 3.50. The molecule has 0 aliphatic heterocycles. The molecule has 1 aliphatic carbocycles. The largest absolute Gasteiger partial charge is 0.489 e. The van der Waals surface area contributed by atoms with E-state index in [0.29, 0.717) is 40.9 Å². The number of rotatable bonds is 9. The highest BCUT2D eigenvalue weighted by molar-refractivity contribution is 6.11. The van der Waals surface area contributed by atoms with E-state index in [4.69, 9.17) is 4.74 Å². The van der Waals surface area contributed by atoms with Crippen molar-refractivity contribution < 1.29 is 23.0 Å². The van der Waals surface area contributed by atoms with E-state index in [9.17, 15) is 13.6 Å². The smallest absolute Gasteiger partial charge is 0.387 e. The molecule has 9 nitrogen and oxygen atoms in total. The number of aromatic amines is 1. The Morgan fingerprint density at radius 3 is 2.66 bits per heavy atom. The number of nitrogens with one attached hydrogen (secondary N) is 1. The van der Waals surface area contributed by atoms with Crippen LogP contribution in [0.1, 0.15) is 23.2 Å². The Balaban J connectivity index is 1.58. The fourth-order valence-electron chi connectivity index (χ4n) is 3.50. The quantitative estimate of drug-likeness (QED) is 0.374. The van der Waals surface area contributed by atoms with E-state index >= 15 is 0 Å². The average Bonchev–Trinajstić information content (AvgIpc) is 3.54. The summed E-state index contributed by atoms with van der Waals surface area (Å²) in [5, 5.41) is 14.0. The summed E-state index contributed by atoms with van der Waals surface area (Å²) in [5.74, 6) is 0.401. The third-order valence-corrected chi connectivity index (χ3v) is 5.39. The van der Waals surface area contributed by atoms with Crippen molar-refractivity contribution in [3.05, 3.63) is 72.6 Å². The van der Waals surface area contributed by atoms with Crippen LogP contribution in [0.15, 0.2) is 67.0 Å². The molecule has 0 saturated heterocycles. The predicted octanol–water partition coefficient (Wildman–Crippen LogP) is 4.63. The minimum atomic E-state index is -3.01. The van der Waals surface area contributed by atoms with Crippen molar-refractivity contribution in [2.45, 2.75) is 19.5 Å². The van der Waals surface area contributed by atoms with Crippen molar-refractivity contribution >= 4 is 17.3 Å². The summed E-state index contributed by atoms with van der Waals surface area (Å²) in [6.07, 6.45) is 5.08. The molecule has 2 aromatic heterocycles. The van der Waals surface area contributed by atoms with Crippen molar-refractivity contribution in [2.75, 3.05) is 11.5 Å². The number of carbonyl (C=O) groups excluding carboxylic acids is 1. The van der Waals surface area contributed by atoms with Crippen molar-refractivity contribution in [3.8, 4) is 22.9 Å². The maximum atomic E-state index is 13.6. The molecule has 0 spiro atoms. The second kappa shape index (κ2) is 9.84. The van der Waals surface area contributed by atoms with Crippen LogP contribution in [0, 0.1) is 5.92 Å². The van der Waals surface area contributed by atoms with Gasteiger partial charge in [-0.3, -0.25) is 14.7 Å². The molecule has 178 valence electrons. The molecule has 0 bridgehead atoms. The SMILES string of the molecule is O=C(c1cccnc1)N(c1cccc(-c2nn[nH]n2)c1)c1ccc(OC(F)F)c(OCC2CC2)c1. The molecule has 0 unspecified atom stereocenters. The molecular formula is C24H20F2N6O3. The number of benzene rings is 2. The molecule has 1 amide bonds. The lowest BCUT2D eigenvalue weighted by atomic mass is 10.1. The number of ether oxygens (including phenoxy) is 2. The van der Waals surface area contributed by atoms with Gasteiger partial charge in [-0.15, -0.1) is 10.2 Å². The van der Waals surface area contributed by atoms with Crippen LogP contribution >= 0.6 is 0 Å². The number of hydrogen-bond donors (Lipinski definition) is 1. The van der Waals surface area contributed by atoms with Gasteiger partial charge >= 0.3 is 6.61 Å². The Kier molecular flexibility index (Phi) is 6.29. The van der Waals surface area contributed by atoms with Crippen LogP contribution in [-0.4, -0.2) is 44.7 Å². The van der Waals surface area contributed by atoms with Crippen LogP contribution in [0.2, 0.25) is 0 Å². The van der Waals surface area contributed by atoms with E-state index < -0.39 is 6.61 Å². The van der Waals surface area contributed by atoms with Gasteiger partial charge in [-0.2, -0.15) is 14.0 Å². The van der Waals surface area contributed by atoms with Gasteiger partial charge < -0.3 is 9.47 Å². The van der Waals surface area contributed by atoms with Crippen LogP contribution in [-0.2, 0) is 0 Å². The number of tetrazole rings is 1. The highest BCUT2D eigenvalue weighted by atomic mass is 19.3. The number of halogens is 2. The summed E-state index contributed by atoms with van der Waals surface area (Å²) in [5.41, 5.74) is 1.86. The summed E-state index contributed by atoms with van der Waals surface area (Å²) in [4.78, 5) is 19.1. The van der Waals surface area contributed by atoms with Crippen molar-refractivity contribution in [2.24, 2.45) is 5.92 Å². The summed E-state index contributed by atoms with van der Waals surface area (Å²) < 4.78 is 36.5. The fraction of sp³-hybridized carbons (Fsp3) is 0.208. The van der Waals surface area contributed by atoms with Crippen molar-refractivity contribution in [1.82, 2.24) is 25.6 Å². The van der Waals surface area contributed by atoms with Gasteiger partial charge in [0.1, 0.15) is 0 Å². The molecule has 1 fully saturated rings. The van der Waals surface area contributed by atoms with Gasteiger partial charge in [0.05, 0.1) is 17.9 Å². The first kappa shape index (κ1) is 22.4. The second-order valence-electron chi connectivity index (χ2n) is 7.93. The van der Waals surface area contributed by atoms with Gasteiger partial charge in [0.15, 0.2) is 11.5 Å². The predicted molar refractivity (Wildman–Crippen MR) is 122 cm³/mol. The highest BCUT2D eigenvalue weighted by Gasteiger charge is 2.25. The first-order chi connectivity index (χ1) is 17.1. The molecule has 0 atom stereocenters. The Hall–Kier alpha value is -4.41. The van der Waals surface area contributed by atoms with Gasteiger partial charge in [-0.1, -0.05) is 12.1 Å². The number of anilines is 2. The zero-order valence-electron chi connectivity index (χ0n) is 18.3.